The molecule has 1 aliphatic heterocycles. The summed E-state index contributed by atoms with van der Waals surface area (Å²) in [5.41, 5.74) is 5.60. The highest BCUT2D eigenvalue weighted by Crippen LogP contribution is 2.45. The van der Waals surface area contributed by atoms with Gasteiger partial charge in [-0.15, -0.1) is 0 Å². The van der Waals surface area contributed by atoms with E-state index >= 15 is 0 Å². The van der Waals surface area contributed by atoms with E-state index in [4.69, 9.17) is 9.47 Å². The molecule has 29 heavy (non-hydrogen) atoms. The molecule has 0 aliphatic carbocycles. The van der Waals surface area contributed by atoms with Crippen molar-refractivity contribution in [2.75, 3.05) is 12.0 Å². The van der Waals surface area contributed by atoms with Gasteiger partial charge in [-0.3, -0.25) is 4.98 Å². The topological polar surface area (TPSA) is 34.6 Å². The monoisotopic (exact) mass is 382 g/mol. The summed E-state index contributed by atoms with van der Waals surface area (Å²) in [6.45, 7) is 2.83. The lowest BCUT2D eigenvalue weighted by Crippen LogP contribution is -2.35. The minimum atomic E-state index is -0.234. The van der Waals surface area contributed by atoms with Crippen LogP contribution in [0.3, 0.4) is 0 Å². The predicted octanol–water partition coefficient (Wildman–Crippen LogP) is 5.65. The molecule has 0 fully saturated rings. The Balaban J connectivity index is 1.66. The van der Waals surface area contributed by atoms with E-state index in [0.717, 1.165) is 45.8 Å². The van der Waals surface area contributed by atoms with Crippen LogP contribution in [0, 0.1) is 6.92 Å². The molecule has 4 heteroatoms. The number of benzene rings is 3. The van der Waals surface area contributed by atoms with Crippen LogP contribution in [-0.4, -0.2) is 12.1 Å². The van der Waals surface area contributed by atoms with E-state index in [9.17, 15) is 0 Å². The zero-order chi connectivity index (χ0) is 19.8. The van der Waals surface area contributed by atoms with Crippen molar-refractivity contribution in [2.45, 2.75) is 19.7 Å². The molecule has 4 nitrogen and oxygen atoms in total. The largest absolute Gasteiger partial charge is 0.497 e. The summed E-state index contributed by atoms with van der Waals surface area (Å²) in [7, 11) is 1.68. The number of rotatable bonds is 4. The molecule has 3 aromatic carbocycles. The highest BCUT2D eigenvalue weighted by atomic mass is 16.5. The maximum Gasteiger partial charge on any atom is 0.199 e. The maximum atomic E-state index is 6.55. The quantitative estimate of drug-likeness (QED) is 0.457. The van der Waals surface area contributed by atoms with Crippen LogP contribution in [0.1, 0.15) is 22.9 Å². The van der Waals surface area contributed by atoms with Crippen LogP contribution in [0.5, 0.6) is 11.5 Å². The van der Waals surface area contributed by atoms with Gasteiger partial charge in [0.1, 0.15) is 11.5 Å². The summed E-state index contributed by atoms with van der Waals surface area (Å²) >= 11 is 0. The summed E-state index contributed by atoms with van der Waals surface area (Å²) in [5.74, 6) is 1.71. The standard InChI is InChI=1S/C25H22N2O2/c1-17-8-13-22-23-21(14-15-26-24(17)23)27(16-18-6-4-3-5-7-18)25(29-22)19-9-11-20(28-2)12-10-19/h3-15,25H,16H2,1-2H3. The van der Waals surface area contributed by atoms with Crippen LogP contribution >= 0.6 is 0 Å². The van der Waals surface area contributed by atoms with E-state index in [1.807, 2.05) is 24.4 Å². The van der Waals surface area contributed by atoms with Gasteiger partial charge in [0.2, 0.25) is 0 Å². The number of anilines is 1. The molecule has 0 saturated carbocycles. The Kier molecular flexibility index (Phi) is 4.32. The SMILES string of the molecule is COc1ccc(C2Oc3ccc(C)c4nccc(c34)N2Cc2ccccc2)cc1. The van der Waals surface area contributed by atoms with Crippen LogP contribution in [0.25, 0.3) is 10.9 Å². The normalized spacial score (nSPS) is 15.2. The second kappa shape index (κ2) is 7.13. The van der Waals surface area contributed by atoms with Crippen molar-refractivity contribution in [1.29, 1.82) is 0 Å². The summed E-state index contributed by atoms with van der Waals surface area (Å²) in [6.07, 6.45) is 1.66. The Bertz CT molecular complexity index is 1160. The van der Waals surface area contributed by atoms with Crippen molar-refractivity contribution < 1.29 is 9.47 Å². The van der Waals surface area contributed by atoms with E-state index in [1.165, 1.54) is 5.56 Å². The molecule has 2 heterocycles. The van der Waals surface area contributed by atoms with Gasteiger partial charge in [-0.05, 0) is 54.4 Å². The minimum absolute atomic E-state index is 0.234. The van der Waals surface area contributed by atoms with Crippen LogP contribution in [0.2, 0.25) is 0 Å². The fourth-order valence-electron chi connectivity index (χ4n) is 3.97. The first-order valence-corrected chi connectivity index (χ1v) is 9.74. The number of methoxy groups -OCH3 is 1. The molecule has 0 bridgehead atoms. The van der Waals surface area contributed by atoms with Gasteiger partial charge in [0, 0.05) is 18.3 Å². The van der Waals surface area contributed by atoms with E-state index < -0.39 is 0 Å². The van der Waals surface area contributed by atoms with Gasteiger partial charge in [0.15, 0.2) is 6.23 Å². The van der Waals surface area contributed by atoms with Gasteiger partial charge in [-0.1, -0.05) is 36.4 Å². The van der Waals surface area contributed by atoms with Crippen molar-refractivity contribution in [1.82, 2.24) is 4.98 Å². The molecule has 0 N–H and O–H groups in total. The molecule has 144 valence electrons. The lowest BCUT2D eigenvalue weighted by molar-refractivity contribution is 0.194. The van der Waals surface area contributed by atoms with Crippen LogP contribution in [0.4, 0.5) is 5.69 Å². The fourth-order valence-corrected chi connectivity index (χ4v) is 3.97. The number of ether oxygens (including phenoxy) is 2. The molecular formula is C25H22N2O2. The van der Waals surface area contributed by atoms with Gasteiger partial charge >= 0.3 is 0 Å². The lowest BCUT2D eigenvalue weighted by Gasteiger charge is -2.39. The average molecular weight is 382 g/mol. The summed E-state index contributed by atoms with van der Waals surface area (Å²) in [6, 6.07) is 24.8. The van der Waals surface area contributed by atoms with Gasteiger partial charge in [-0.25, -0.2) is 0 Å². The summed E-state index contributed by atoms with van der Waals surface area (Å²) in [4.78, 5) is 6.94. The summed E-state index contributed by atoms with van der Waals surface area (Å²) < 4.78 is 11.9. The molecule has 1 unspecified atom stereocenters. The fraction of sp³-hybridized carbons (Fsp3) is 0.160. The third-order valence-electron chi connectivity index (χ3n) is 5.46. The second-order valence-corrected chi connectivity index (χ2v) is 7.29. The Morgan fingerprint density at radius 2 is 1.76 bits per heavy atom. The highest BCUT2D eigenvalue weighted by molar-refractivity contribution is 5.99. The van der Waals surface area contributed by atoms with Crippen LogP contribution in [-0.2, 0) is 6.54 Å². The van der Waals surface area contributed by atoms with Crippen molar-refractivity contribution in [2.24, 2.45) is 0 Å². The van der Waals surface area contributed by atoms with Gasteiger partial charge in [0.05, 0.1) is 23.7 Å². The second-order valence-electron chi connectivity index (χ2n) is 7.29. The third-order valence-corrected chi connectivity index (χ3v) is 5.46. The molecule has 0 amide bonds. The molecule has 1 atom stereocenters. The van der Waals surface area contributed by atoms with Crippen LogP contribution < -0.4 is 14.4 Å². The first-order chi connectivity index (χ1) is 14.2. The summed E-state index contributed by atoms with van der Waals surface area (Å²) in [5, 5.41) is 1.08. The molecule has 4 aromatic rings. The first kappa shape index (κ1) is 17.6. The Hall–Kier alpha value is -3.53. The molecule has 1 aromatic heterocycles. The zero-order valence-electron chi connectivity index (χ0n) is 16.5. The van der Waals surface area contributed by atoms with Gasteiger partial charge < -0.3 is 14.4 Å². The van der Waals surface area contributed by atoms with E-state index in [2.05, 4.69) is 71.4 Å². The predicted molar refractivity (Wildman–Crippen MR) is 115 cm³/mol. The molecule has 0 spiro atoms. The van der Waals surface area contributed by atoms with Crippen molar-refractivity contribution >= 4 is 16.6 Å². The Morgan fingerprint density at radius 1 is 0.966 bits per heavy atom. The lowest BCUT2D eigenvalue weighted by atomic mass is 10.0. The smallest absolute Gasteiger partial charge is 0.199 e. The van der Waals surface area contributed by atoms with Crippen molar-refractivity contribution in [3.05, 3.63) is 95.7 Å². The number of aromatic nitrogens is 1. The molecule has 0 radical (unpaired) electrons. The number of pyridine rings is 1. The van der Waals surface area contributed by atoms with Crippen molar-refractivity contribution in [3.63, 3.8) is 0 Å². The molecule has 0 saturated heterocycles. The first-order valence-electron chi connectivity index (χ1n) is 9.74. The number of nitrogens with zero attached hydrogens (tertiary/aromatic N) is 2. The van der Waals surface area contributed by atoms with Gasteiger partial charge in [-0.2, -0.15) is 0 Å². The Labute approximate surface area is 170 Å². The number of hydrogen-bond donors (Lipinski definition) is 0. The molecule has 1 aliphatic rings. The Morgan fingerprint density at radius 3 is 2.52 bits per heavy atom. The van der Waals surface area contributed by atoms with E-state index in [0.29, 0.717) is 0 Å². The average Bonchev–Trinajstić information content (AvgIpc) is 2.78. The molecular weight excluding hydrogens is 360 g/mol. The number of aryl methyl sites for hydroxylation is 1. The zero-order valence-corrected chi connectivity index (χ0v) is 16.5. The van der Waals surface area contributed by atoms with Crippen molar-refractivity contribution in [3.8, 4) is 11.5 Å². The molecule has 5 rings (SSSR count). The van der Waals surface area contributed by atoms with Gasteiger partial charge in [0.25, 0.3) is 0 Å². The third kappa shape index (κ3) is 3.07. The minimum Gasteiger partial charge on any atom is -0.497 e. The van der Waals surface area contributed by atoms with E-state index in [-0.39, 0.29) is 6.23 Å². The van der Waals surface area contributed by atoms with E-state index in [1.54, 1.807) is 7.11 Å². The van der Waals surface area contributed by atoms with Crippen LogP contribution in [0.15, 0.2) is 79.0 Å². The maximum absolute atomic E-state index is 6.55. The highest BCUT2D eigenvalue weighted by Gasteiger charge is 2.31. The number of hydrogen-bond acceptors (Lipinski definition) is 4.